The van der Waals surface area contributed by atoms with Crippen molar-refractivity contribution >= 4 is 0 Å². The van der Waals surface area contributed by atoms with Gasteiger partial charge in [-0.2, -0.15) is 0 Å². The van der Waals surface area contributed by atoms with Gasteiger partial charge in [-0.3, -0.25) is 0 Å². The minimum atomic E-state index is -0.186. The minimum absolute atomic E-state index is 0.0256. The van der Waals surface area contributed by atoms with Gasteiger partial charge in [-0.25, -0.2) is 0 Å². The van der Waals surface area contributed by atoms with E-state index in [0.29, 0.717) is 102 Å². The number of aliphatic hydroxyl groups is 4. The number of rotatable bonds is 12. The molecular formula is C94H164O4. The van der Waals surface area contributed by atoms with Crippen LogP contribution < -0.4 is 0 Å². The van der Waals surface area contributed by atoms with E-state index in [2.05, 4.69) is 212 Å². The summed E-state index contributed by atoms with van der Waals surface area (Å²) in [5.74, 6) is 9.80. The largest absolute Gasteiger partial charge is 0.393 e. The molecule has 0 aromatic carbocycles. The lowest BCUT2D eigenvalue weighted by Crippen LogP contribution is -2.66. The van der Waals surface area contributed by atoms with Crippen LogP contribution in [0.2, 0.25) is 0 Å². The van der Waals surface area contributed by atoms with Crippen LogP contribution in [0.3, 0.4) is 0 Å². The second-order valence-electron chi connectivity index (χ2n) is 45.6. The number of aliphatic hydroxyl groups excluding tert-OH is 4. The van der Waals surface area contributed by atoms with Crippen LogP contribution in [0.25, 0.3) is 0 Å². The molecule has 12 rings (SSSR count). The van der Waals surface area contributed by atoms with Crippen molar-refractivity contribution in [2.24, 2.45) is 165 Å². The molecule has 0 aromatic heterocycles. The summed E-state index contributed by atoms with van der Waals surface area (Å²) in [7, 11) is 0. The molecule has 12 aliphatic carbocycles. The van der Waals surface area contributed by atoms with Crippen molar-refractivity contribution in [2.45, 2.75) is 392 Å². The van der Waals surface area contributed by atoms with Crippen molar-refractivity contribution in [1.82, 2.24) is 0 Å². The van der Waals surface area contributed by atoms with E-state index >= 15 is 0 Å². The van der Waals surface area contributed by atoms with Gasteiger partial charge < -0.3 is 20.4 Å². The predicted molar refractivity (Wildman–Crippen MR) is 418 cm³/mol. The third-order valence-electron chi connectivity index (χ3n) is 38.5. The third kappa shape index (κ3) is 12.7. The molecule has 564 valence electrons. The van der Waals surface area contributed by atoms with Crippen LogP contribution in [-0.2, 0) is 0 Å². The highest BCUT2D eigenvalue weighted by molar-refractivity contribution is 5.23. The first-order chi connectivity index (χ1) is 45.0. The zero-order chi connectivity index (χ0) is 72.9. The molecule has 0 saturated heterocycles. The average Bonchev–Trinajstić information content (AvgIpc) is 1.26. The molecule has 13 unspecified atom stereocenters. The van der Waals surface area contributed by atoms with Crippen LogP contribution >= 0.6 is 0 Å². The van der Waals surface area contributed by atoms with Crippen LogP contribution in [0.15, 0.2) is 34.9 Å². The lowest BCUT2D eigenvalue weighted by Gasteiger charge is -2.71. The van der Waals surface area contributed by atoms with Gasteiger partial charge in [0.15, 0.2) is 0 Å². The standard InChI is InChI=1S/C32H56O.C31H54O2.C31H54O/c1-21(2)12-11-16-28(4,5)23-14-18-32(10)27(23)24(33)20-26-30(8)17-13-22(3)29(6,7)25(30)15-19-31(26,32)9;1-20(2)11-10-15-27(3,4)21-12-17-31(9)26(21)22(32)19-24-29(7)16-14-25(33)28(5,6)23(29)13-18-30(24,31)8;1-20(2)11-10-16-28(4,5)22-12-13-23-27(22)24(32)19-26-30(23,8)18-15-25-29(6,7)21(3)14-17-31(25,26)9/h12,22-27,33H,11,13-20H2,1-10H3;11,21-26,32-33H,10,12-19H2,1-9H3;11,21-27,32H,10,12-19H2,1-9H3/t22-,23?,24+,25?,26?,27?,30-,31+,32+;21?,22-,23?,24?,25+,26?,29+,30-,31-;21-,22?,23?,24+,25?,26?,27?,30-,31-/m010/s1. The van der Waals surface area contributed by atoms with E-state index in [1.165, 1.54) is 152 Å². The highest BCUT2D eigenvalue weighted by Crippen LogP contribution is 2.80. The van der Waals surface area contributed by atoms with Crippen LogP contribution in [0.4, 0.5) is 0 Å². The molecule has 0 heterocycles. The highest BCUT2D eigenvalue weighted by Gasteiger charge is 2.74. The van der Waals surface area contributed by atoms with Gasteiger partial charge in [0.1, 0.15) is 0 Å². The monoisotopic (exact) mass is 1360 g/mol. The Hall–Kier alpha value is -0.940. The quantitative estimate of drug-likeness (QED) is 0.147. The van der Waals surface area contributed by atoms with E-state index < -0.39 is 0 Å². The third-order valence-corrected chi connectivity index (χ3v) is 38.5. The topological polar surface area (TPSA) is 80.9 Å². The maximum absolute atomic E-state index is 11.9. The first kappa shape index (κ1) is 79.6. The molecule has 0 aliphatic heterocycles. The zero-order valence-corrected chi connectivity index (χ0v) is 70.1. The lowest BCUT2D eigenvalue weighted by atomic mass is 9.34. The Kier molecular flexibility index (Phi) is 22.0. The number of fused-ring (bicyclic) bond motifs is 15. The van der Waals surface area contributed by atoms with Crippen LogP contribution in [-0.4, -0.2) is 44.8 Å². The summed E-state index contributed by atoms with van der Waals surface area (Å²) in [5.41, 5.74) is 8.56. The normalized spacial score (nSPS) is 48.7. The molecule has 0 bridgehead atoms. The molecule has 4 N–H and O–H groups in total. The fourth-order valence-corrected chi connectivity index (χ4v) is 31.6. The number of allylic oxidation sites excluding steroid dienone is 6. The Morgan fingerprint density at radius 3 is 1.06 bits per heavy atom. The predicted octanol–water partition coefficient (Wildman–Crippen LogP) is 25.5. The summed E-state index contributed by atoms with van der Waals surface area (Å²) >= 11 is 0. The first-order valence-electron chi connectivity index (χ1n) is 42.6. The maximum atomic E-state index is 11.9. The van der Waals surface area contributed by atoms with Crippen molar-refractivity contribution in [1.29, 1.82) is 0 Å². The molecule has 4 heteroatoms. The summed E-state index contributed by atoms with van der Waals surface area (Å²) in [4.78, 5) is 0. The van der Waals surface area contributed by atoms with Crippen molar-refractivity contribution in [3.05, 3.63) is 34.9 Å². The molecule has 98 heavy (non-hydrogen) atoms. The van der Waals surface area contributed by atoms with Gasteiger partial charge in [0.05, 0.1) is 24.4 Å². The van der Waals surface area contributed by atoms with Crippen LogP contribution in [0.5, 0.6) is 0 Å². The second-order valence-corrected chi connectivity index (χ2v) is 45.6. The molecule has 4 nitrogen and oxygen atoms in total. The fraction of sp³-hybridized carbons (Fsp3) is 0.936. The molecule has 12 saturated carbocycles. The molecule has 27 atom stereocenters. The van der Waals surface area contributed by atoms with Gasteiger partial charge in [-0.15, -0.1) is 0 Å². The molecule has 12 fully saturated rings. The van der Waals surface area contributed by atoms with Gasteiger partial charge in [0.2, 0.25) is 0 Å². The van der Waals surface area contributed by atoms with Crippen molar-refractivity contribution in [2.75, 3.05) is 0 Å². The first-order valence-corrected chi connectivity index (χ1v) is 42.6. The van der Waals surface area contributed by atoms with Crippen molar-refractivity contribution in [3.63, 3.8) is 0 Å². The van der Waals surface area contributed by atoms with Gasteiger partial charge in [-0.1, -0.05) is 187 Å². The van der Waals surface area contributed by atoms with E-state index in [9.17, 15) is 20.4 Å². The Morgan fingerprint density at radius 1 is 0.337 bits per heavy atom. The summed E-state index contributed by atoms with van der Waals surface area (Å²) in [6.07, 6.45) is 40.4. The molecular weight excluding hydrogens is 1190 g/mol. The van der Waals surface area contributed by atoms with Crippen LogP contribution in [0, 0.1) is 165 Å². The minimum Gasteiger partial charge on any atom is -0.393 e. The average molecular weight is 1360 g/mol. The van der Waals surface area contributed by atoms with Crippen molar-refractivity contribution < 1.29 is 20.4 Å². The van der Waals surface area contributed by atoms with Gasteiger partial charge in [0.25, 0.3) is 0 Å². The van der Waals surface area contributed by atoms with E-state index in [1.807, 2.05) is 0 Å². The smallest absolute Gasteiger partial charge is 0.0594 e. The zero-order valence-electron chi connectivity index (χ0n) is 70.1. The fourth-order valence-electron chi connectivity index (χ4n) is 31.6. The molecule has 0 aromatic rings. The Bertz CT molecular complexity index is 2750. The van der Waals surface area contributed by atoms with E-state index in [1.54, 1.807) is 0 Å². The summed E-state index contributed by atoms with van der Waals surface area (Å²) in [5, 5.41) is 46.4. The molecule has 0 amide bonds. The molecule has 0 spiro atoms. The van der Waals surface area contributed by atoms with Crippen molar-refractivity contribution in [3.8, 4) is 0 Å². The Morgan fingerprint density at radius 2 is 0.663 bits per heavy atom. The van der Waals surface area contributed by atoms with Gasteiger partial charge in [0, 0.05) is 0 Å². The summed E-state index contributed by atoms with van der Waals surface area (Å²) in [6, 6.07) is 0. The van der Waals surface area contributed by atoms with Gasteiger partial charge in [-0.05, 0) is 379 Å². The van der Waals surface area contributed by atoms with E-state index in [4.69, 9.17) is 0 Å². The summed E-state index contributed by atoms with van der Waals surface area (Å²) < 4.78 is 0. The number of hydrogen-bond donors (Lipinski definition) is 4. The SMILES string of the molecule is CC(C)=CCCC(C)(C)C1CCC2C1[C@H](O)CC1[C@@]2(C)CCC2C(C)(C)[C@@H](C)CC[C@@]21C.CC(C)=CCCC(C)(C)C1CC[C@]2(C)C1[C@H](O)CC1[C@@]3(C)CC[C@H](C)C(C)(C)C3CC[C@]12C.CC(C)=CCCC(C)(C)C1CC[C@]2(C)C1[C@H](O)CC1[C@@]3(C)CC[C@H](O)C(C)(C)C3CC[C@]12C. The Labute approximate surface area is 608 Å². The second kappa shape index (κ2) is 27.1. The van der Waals surface area contributed by atoms with E-state index in [-0.39, 0.29) is 56.9 Å². The molecule has 0 radical (unpaired) electrons. The lowest BCUT2D eigenvalue weighted by molar-refractivity contribution is -0.244. The van der Waals surface area contributed by atoms with Gasteiger partial charge >= 0.3 is 0 Å². The highest BCUT2D eigenvalue weighted by atomic mass is 16.3. The Balaban J connectivity index is 0.000000159. The van der Waals surface area contributed by atoms with E-state index in [0.717, 1.165) is 68.1 Å². The summed E-state index contributed by atoms with van der Waals surface area (Å²) in [6.45, 7) is 69.1. The van der Waals surface area contributed by atoms with Crippen LogP contribution in [0.1, 0.15) is 367 Å². The number of hydrogen-bond acceptors (Lipinski definition) is 4. The molecule has 12 aliphatic rings. The maximum Gasteiger partial charge on any atom is 0.0594 e.